The van der Waals surface area contributed by atoms with Crippen molar-refractivity contribution >= 4 is 8.80 Å². The second-order valence-corrected chi connectivity index (χ2v) is 6.34. The summed E-state index contributed by atoms with van der Waals surface area (Å²) in [6, 6.07) is 8.91. The molecule has 15 heavy (non-hydrogen) atoms. The lowest BCUT2D eigenvalue weighted by atomic mass is 10.1. The minimum absolute atomic E-state index is 0.711. The van der Waals surface area contributed by atoms with Crippen LogP contribution in [0, 0.1) is 6.92 Å². The number of benzene rings is 1. The molecule has 0 radical (unpaired) electrons. The van der Waals surface area contributed by atoms with E-state index in [1.165, 1.54) is 11.1 Å². The van der Waals surface area contributed by atoms with E-state index in [0.717, 1.165) is 0 Å². The molecule has 0 fully saturated rings. The number of hydrogen-bond donors (Lipinski definition) is 0. The minimum Gasteiger partial charge on any atom is -0.377 e. The van der Waals surface area contributed by atoms with Crippen LogP contribution < -0.4 is 0 Å². The quantitative estimate of drug-likeness (QED) is 0.718. The number of hydrogen-bond acceptors (Lipinski definition) is 3. The second-order valence-electron chi connectivity index (χ2n) is 3.40. The Kier molecular flexibility index (Phi) is 4.47. The molecule has 84 valence electrons. The summed E-state index contributed by atoms with van der Waals surface area (Å²) in [6.07, 6.45) is 0. The van der Waals surface area contributed by atoms with Crippen LogP contribution in [0.1, 0.15) is 11.1 Å². The van der Waals surface area contributed by atoms with E-state index in [9.17, 15) is 0 Å². The van der Waals surface area contributed by atoms with E-state index in [1.807, 2.05) is 12.1 Å². The van der Waals surface area contributed by atoms with Gasteiger partial charge in [0.15, 0.2) is 0 Å². The van der Waals surface area contributed by atoms with Gasteiger partial charge in [0, 0.05) is 27.4 Å². The molecule has 1 aromatic rings. The van der Waals surface area contributed by atoms with Crippen LogP contribution in [-0.2, 0) is 19.3 Å². The Labute approximate surface area is 92.3 Å². The van der Waals surface area contributed by atoms with Crippen molar-refractivity contribution in [1.29, 1.82) is 0 Å². The van der Waals surface area contributed by atoms with Crippen molar-refractivity contribution in [2.75, 3.05) is 21.3 Å². The Balaban J connectivity index is 2.88. The van der Waals surface area contributed by atoms with Crippen molar-refractivity contribution in [2.24, 2.45) is 0 Å². The maximum Gasteiger partial charge on any atom is 0.504 e. The van der Waals surface area contributed by atoms with Gasteiger partial charge in [0.25, 0.3) is 0 Å². The van der Waals surface area contributed by atoms with Crippen molar-refractivity contribution in [3.05, 3.63) is 35.4 Å². The smallest absolute Gasteiger partial charge is 0.377 e. The molecule has 4 heteroatoms. The summed E-state index contributed by atoms with van der Waals surface area (Å²) in [5.74, 6) is 0. The van der Waals surface area contributed by atoms with E-state index >= 15 is 0 Å². The summed E-state index contributed by atoms with van der Waals surface area (Å²) in [7, 11) is 2.42. The van der Waals surface area contributed by atoms with Crippen molar-refractivity contribution in [3.63, 3.8) is 0 Å². The van der Waals surface area contributed by atoms with Crippen LogP contribution in [0.15, 0.2) is 24.3 Å². The van der Waals surface area contributed by atoms with E-state index in [-0.39, 0.29) is 0 Å². The van der Waals surface area contributed by atoms with Crippen molar-refractivity contribution in [2.45, 2.75) is 13.0 Å². The molecule has 3 nitrogen and oxygen atoms in total. The highest BCUT2D eigenvalue weighted by Gasteiger charge is 2.38. The first-order valence-corrected chi connectivity index (χ1v) is 6.80. The third-order valence-electron chi connectivity index (χ3n) is 2.60. The Morgan fingerprint density at radius 1 is 1.00 bits per heavy atom. The highest BCUT2D eigenvalue weighted by Crippen LogP contribution is 2.17. The van der Waals surface area contributed by atoms with Crippen molar-refractivity contribution < 1.29 is 13.3 Å². The molecular weight excluding hydrogens is 208 g/mol. The van der Waals surface area contributed by atoms with Gasteiger partial charge in [-0.25, -0.2) is 0 Å². The summed E-state index contributed by atoms with van der Waals surface area (Å²) in [5.41, 5.74) is 2.45. The number of rotatable bonds is 5. The summed E-state index contributed by atoms with van der Waals surface area (Å²) in [6.45, 7) is 2.08. The average Bonchev–Trinajstić information content (AvgIpc) is 2.29. The molecule has 0 spiro atoms. The van der Waals surface area contributed by atoms with Gasteiger partial charge in [0.2, 0.25) is 0 Å². The Morgan fingerprint density at radius 3 is 2.00 bits per heavy atom. The zero-order chi connectivity index (χ0) is 11.3. The van der Waals surface area contributed by atoms with Crippen LogP contribution in [0.2, 0.25) is 0 Å². The summed E-state index contributed by atoms with van der Waals surface area (Å²) < 4.78 is 16.2. The molecular formula is C11H18O3Si. The predicted molar refractivity (Wildman–Crippen MR) is 61.7 cm³/mol. The molecule has 0 amide bonds. The number of aryl methyl sites for hydroxylation is 1. The van der Waals surface area contributed by atoms with Gasteiger partial charge in [0.1, 0.15) is 0 Å². The van der Waals surface area contributed by atoms with E-state index < -0.39 is 8.80 Å². The third-order valence-corrected chi connectivity index (χ3v) is 5.28. The van der Waals surface area contributed by atoms with Crippen LogP contribution in [0.3, 0.4) is 0 Å². The fraction of sp³-hybridized carbons (Fsp3) is 0.455. The van der Waals surface area contributed by atoms with Crippen molar-refractivity contribution in [1.82, 2.24) is 0 Å². The maximum absolute atomic E-state index is 5.39. The van der Waals surface area contributed by atoms with Crippen molar-refractivity contribution in [3.8, 4) is 0 Å². The topological polar surface area (TPSA) is 27.7 Å². The molecule has 0 saturated heterocycles. The highest BCUT2D eigenvalue weighted by atomic mass is 28.4. The molecule has 0 bridgehead atoms. The van der Waals surface area contributed by atoms with Gasteiger partial charge in [-0.1, -0.05) is 24.3 Å². The molecule has 1 rings (SSSR count). The third kappa shape index (κ3) is 2.88. The fourth-order valence-electron chi connectivity index (χ4n) is 1.51. The van der Waals surface area contributed by atoms with E-state index in [4.69, 9.17) is 13.3 Å². The van der Waals surface area contributed by atoms with Crippen LogP contribution in [0.4, 0.5) is 0 Å². The maximum atomic E-state index is 5.39. The van der Waals surface area contributed by atoms with E-state index in [1.54, 1.807) is 21.3 Å². The average molecular weight is 226 g/mol. The highest BCUT2D eigenvalue weighted by molar-refractivity contribution is 6.60. The Hall–Kier alpha value is -0.683. The van der Waals surface area contributed by atoms with Crippen LogP contribution >= 0.6 is 0 Å². The lowest BCUT2D eigenvalue weighted by molar-refractivity contribution is 0.122. The molecule has 1 aromatic carbocycles. The fourth-order valence-corrected chi connectivity index (χ4v) is 3.30. The molecule has 0 aliphatic heterocycles. The first kappa shape index (κ1) is 12.4. The Bertz CT molecular complexity index is 302. The van der Waals surface area contributed by atoms with E-state index in [0.29, 0.717) is 6.04 Å². The van der Waals surface area contributed by atoms with Gasteiger partial charge in [-0.2, -0.15) is 0 Å². The molecule has 0 heterocycles. The largest absolute Gasteiger partial charge is 0.504 e. The lowest BCUT2D eigenvalue weighted by Gasteiger charge is -2.24. The molecule has 0 aliphatic rings. The normalized spacial score (nSPS) is 11.7. The molecule has 0 N–H and O–H groups in total. The summed E-state index contributed by atoms with van der Waals surface area (Å²) in [5, 5.41) is 0. The van der Waals surface area contributed by atoms with Gasteiger partial charge < -0.3 is 13.3 Å². The van der Waals surface area contributed by atoms with Crippen LogP contribution in [0.25, 0.3) is 0 Å². The molecule has 0 saturated carbocycles. The molecule has 0 aromatic heterocycles. The summed E-state index contributed by atoms with van der Waals surface area (Å²) >= 11 is 0. The van der Waals surface area contributed by atoms with Gasteiger partial charge in [0.05, 0.1) is 0 Å². The zero-order valence-corrected chi connectivity index (χ0v) is 10.7. The minimum atomic E-state index is -2.49. The predicted octanol–water partition coefficient (Wildman–Crippen LogP) is 1.95. The monoisotopic (exact) mass is 226 g/mol. The van der Waals surface area contributed by atoms with E-state index in [2.05, 4.69) is 19.1 Å². The first-order chi connectivity index (χ1) is 7.17. The molecule has 0 atom stereocenters. The first-order valence-electron chi connectivity index (χ1n) is 4.87. The Morgan fingerprint density at radius 2 is 1.53 bits per heavy atom. The van der Waals surface area contributed by atoms with Gasteiger partial charge in [-0.05, 0) is 18.1 Å². The second kappa shape index (κ2) is 5.41. The van der Waals surface area contributed by atoms with Crippen LogP contribution in [0.5, 0.6) is 0 Å². The molecule has 0 aliphatic carbocycles. The lowest BCUT2D eigenvalue weighted by Crippen LogP contribution is -2.45. The van der Waals surface area contributed by atoms with Gasteiger partial charge >= 0.3 is 8.80 Å². The zero-order valence-electron chi connectivity index (χ0n) is 9.74. The van der Waals surface area contributed by atoms with Crippen LogP contribution in [-0.4, -0.2) is 30.1 Å². The standard InChI is InChI=1S/C11H18O3Si/c1-10-7-5-6-8-11(10)9-15(12-2,13-3)14-4/h5-8H,9H2,1-4H3. The summed E-state index contributed by atoms with van der Waals surface area (Å²) in [4.78, 5) is 0. The SMILES string of the molecule is CO[Si](Cc1ccccc1C)(OC)OC. The van der Waals surface area contributed by atoms with Gasteiger partial charge in [-0.15, -0.1) is 0 Å². The van der Waals surface area contributed by atoms with Gasteiger partial charge in [-0.3, -0.25) is 0 Å². The molecule has 0 unspecified atom stereocenters.